The maximum absolute atomic E-state index is 13.7. The molecule has 0 unspecified atom stereocenters. The van der Waals surface area contributed by atoms with Gasteiger partial charge in [0, 0.05) is 40.3 Å². The topological polar surface area (TPSA) is 94.8 Å². The standard InChI is InChI=1S/C31H22ClN3O4/c1-34-26-11-3-2-6-18(26)15-27(34)23-9-5-10-25(29(23)36)33-17-24-22-13-12-20(32)16-28(22)35(30(24)37)21-8-4-7-19(14-21)31(38)39/h2-17,33,36H,1H3,(H,38,39)/b24-17-. The summed E-state index contributed by atoms with van der Waals surface area (Å²) in [5, 5.41) is 25.3. The zero-order valence-electron chi connectivity index (χ0n) is 20.7. The number of halogens is 1. The van der Waals surface area contributed by atoms with E-state index in [0.717, 1.165) is 16.6 Å². The number of aromatic nitrogens is 1. The molecular formula is C31H22ClN3O4. The van der Waals surface area contributed by atoms with Gasteiger partial charge in [-0.25, -0.2) is 4.79 Å². The fourth-order valence-corrected chi connectivity index (χ4v) is 5.17. The molecule has 5 aromatic rings. The molecule has 3 N–H and O–H groups in total. The van der Waals surface area contributed by atoms with E-state index in [4.69, 9.17) is 11.6 Å². The molecule has 1 amide bonds. The molecule has 0 fully saturated rings. The van der Waals surface area contributed by atoms with Crippen molar-refractivity contribution in [2.75, 3.05) is 10.2 Å². The number of carbonyl (C=O) groups excluding carboxylic acids is 1. The number of benzene rings is 4. The zero-order valence-corrected chi connectivity index (χ0v) is 21.5. The molecule has 0 radical (unpaired) electrons. The first-order valence-electron chi connectivity index (χ1n) is 12.1. The van der Waals surface area contributed by atoms with Crippen molar-refractivity contribution < 1.29 is 19.8 Å². The van der Waals surface area contributed by atoms with Gasteiger partial charge in [0.05, 0.1) is 33.9 Å². The minimum Gasteiger partial charge on any atom is -0.505 e. The van der Waals surface area contributed by atoms with Crippen LogP contribution in [-0.4, -0.2) is 26.7 Å². The highest BCUT2D eigenvalue weighted by Gasteiger charge is 2.34. The maximum Gasteiger partial charge on any atom is 0.335 e. The summed E-state index contributed by atoms with van der Waals surface area (Å²) in [4.78, 5) is 26.6. The van der Waals surface area contributed by atoms with E-state index in [1.165, 1.54) is 17.0 Å². The van der Waals surface area contributed by atoms with E-state index >= 15 is 0 Å². The Morgan fingerprint density at radius 2 is 1.72 bits per heavy atom. The molecule has 8 heteroatoms. The highest BCUT2D eigenvalue weighted by atomic mass is 35.5. The number of aromatic hydroxyl groups is 1. The summed E-state index contributed by atoms with van der Waals surface area (Å²) in [5.74, 6) is -1.39. The van der Waals surface area contributed by atoms with Crippen LogP contribution in [0.1, 0.15) is 15.9 Å². The largest absolute Gasteiger partial charge is 0.505 e. The SMILES string of the molecule is Cn1c(-c2cccc(N/C=C3\C(=O)N(c4cccc(C(=O)O)c4)c4cc(Cl)ccc43)c2O)cc2ccccc21. The Labute approximate surface area is 228 Å². The van der Waals surface area contributed by atoms with Crippen LogP contribution >= 0.6 is 11.6 Å². The molecule has 0 bridgehead atoms. The fourth-order valence-electron chi connectivity index (χ4n) is 5.00. The number of nitrogens with zero attached hydrogens (tertiary/aromatic N) is 2. The van der Waals surface area contributed by atoms with Crippen LogP contribution in [0.15, 0.2) is 97.2 Å². The average molecular weight is 536 g/mol. The maximum atomic E-state index is 13.7. The van der Waals surface area contributed by atoms with E-state index < -0.39 is 5.97 Å². The van der Waals surface area contributed by atoms with Crippen LogP contribution in [0.4, 0.5) is 17.1 Å². The molecule has 6 rings (SSSR count). The van der Waals surface area contributed by atoms with Crippen molar-refractivity contribution in [2.45, 2.75) is 0 Å². The number of phenols is 1. The minimum atomic E-state index is -1.09. The molecule has 1 aromatic heterocycles. The second-order valence-electron chi connectivity index (χ2n) is 9.21. The van der Waals surface area contributed by atoms with E-state index in [1.807, 2.05) is 54.1 Å². The lowest BCUT2D eigenvalue weighted by atomic mass is 10.1. The molecule has 0 atom stereocenters. The summed E-state index contributed by atoms with van der Waals surface area (Å²) in [5.41, 5.74) is 4.96. The molecule has 1 aliphatic rings. The van der Waals surface area contributed by atoms with Crippen molar-refractivity contribution in [3.05, 3.63) is 113 Å². The quantitative estimate of drug-likeness (QED) is 0.166. The first-order chi connectivity index (χ1) is 18.8. The van der Waals surface area contributed by atoms with Crippen molar-refractivity contribution >= 4 is 57.0 Å². The summed E-state index contributed by atoms with van der Waals surface area (Å²) in [6.07, 6.45) is 1.55. The number of hydrogen-bond donors (Lipinski definition) is 3. The third-order valence-corrected chi connectivity index (χ3v) is 7.15. The van der Waals surface area contributed by atoms with E-state index in [2.05, 4.69) is 5.32 Å². The van der Waals surface area contributed by atoms with E-state index in [1.54, 1.807) is 42.6 Å². The highest BCUT2D eigenvalue weighted by molar-refractivity contribution is 6.37. The number of phenolic OH excluding ortho intramolecular Hbond substituents is 1. The third-order valence-electron chi connectivity index (χ3n) is 6.91. The number of fused-ring (bicyclic) bond motifs is 2. The van der Waals surface area contributed by atoms with Gasteiger partial charge in [-0.1, -0.05) is 48.0 Å². The van der Waals surface area contributed by atoms with Gasteiger partial charge in [0.2, 0.25) is 0 Å². The number of para-hydroxylation sites is 2. The van der Waals surface area contributed by atoms with Gasteiger partial charge in [0.15, 0.2) is 0 Å². The van der Waals surface area contributed by atoms with Gasteiger partial charge in [0.1, 0.15) is 5.75 Å². The summed E-state index contributed by atoms with van der Waals surface area (Å²) in [7, 11) is 1.95. The molecular weight excluding hydrogens is 514 g/mol. The Morgan fingerprint density at radius 3 is 2.51 bits per heavy atom. The third kappa shape index (κ3) is 4.09. The minimum absolute atomic E-state index is 0.0491. The second kappa shape index (κ2) is 9.38. The number of aryl methyl sites for hydroxylation is 1. The van der Waals surface area contributed by atoms with Gasteiger partial charge in [-0.15, -0.1) is 0 Å². The van der Waals surface area contributed by atoms with Crippen molar-refractivity contribution in [1.29, 1.82) is 0 Å². The van der Waals surface area contributed by atoms with Crippen LogP contribution < -0.4 is 10.2 Å². The molecule has 1 aliphatic heterocycles. The number of carbonyl (C=O) groups is 2. The van der Waals surface area contributed by atoms with Crippen molar-refractivity contribution in [1.82, 2.24) is 4.57 Å². The Balaban J connectivity index is 1.39. The van der Waals surface area contributed by atoms with Crippen molar-refractivity contribution in [3.63, 3.8) is 0 Å². The number of carboxylic acid groups (broad SMARTS) is 1. The van der Waals surface area contributed by atoms with Gasteiger partial charge < -0.3 is 20.1 Å². The first-order valence-corrected chi connectivity index (χ1v) is 12.5. The summed E-state index contributed by atoms with van der Waals surface area (Å²) in [6.45, 7) is 0. The van der Waals surface area contributed by atoms with Crippen LogP contribution in [-0.2, 0) is 11.8 Å². The summed E-state index contributed by atoms with van der Waals surface area (Å²) >= 11 is 6.26. The lowest BCUT2D eigenvalue weighted by Crippen LogP contribution is -2.21. The van der Waals surface area contributed by atoms with Crippen LogP contribution in [0.2, 0.25) is 5.02 Å². The van der Waals surface area contributed by atoms with Gasteiger partial charge in [-0.2, -0.15) is 0 Å². The smallest absolute Gasteiger partial charge is 0.335 e. The predicted octanol–water partition coefficient (Wildman–Crippen LogP) is 7.03. The monoisotopic (exact) mass is 535 g/mol. The van der Waals surface area contributed by atoms with Crippen molar-refractivity contribution in [3.8, 4) is 17.0 Å². The van der Waals surface area contributed by atoms with E-state index in [9.17, 15) is 19.8 Å². The number of amides is 1. The number of aromatic carboxylic acids is 1. The normalized spacial score (nSPS) is 13.7. The molecule has 0 aliphatic carbocycles. The molecule has 0 saturated heterocycles. The van der Waals surface area contributed by atoms with Gasteiger partial charge in [0.25, 0.3) is 5.91 Å². The Hall–Kier alpha value is -5.01. The fraction of sp³-hybridized carbons (Fsp3) is 0.0323. The Morgan fingerprint density at radius 1 is 0.923 bits per heavy atom. The van der Waals surface area contributed by atoms with Gasteiger partial charge in [-0.05, 0) is 54.6 Å². The lowest BCUT2D eigenvalue weighted by Gasteiger charge is -2.18. The molecule has 2 heterocycles. The number of hydrogen-bond acceptors (Lipinski definition) is 4. The number of carboxylic acids is 1. The Kier molecular flexibility index (Phi) is 5.85. The lowest BCUT2D eigenvalue weighted by molar-refractivity contribution is -0.112. The molecule has 4 aromatic carbocycles. The van der Waals surface area contributed by atoms with Crippen LogP contribution in [0.5, 0.6) is 5.75 Å². The predicted molar refractivity (Wildman–Crippen MR) is 154 cm³/mol. The second-order valence-corrected chi connectivity index (χ2v) is 9.65. The number of rotatable bonds is 5. The van der Waals surface area contributed by atoms with E-state index in [-0.39, 0.29) is 17.2 Å². The van der Waals surface area contributed by atoms with Gasteiger partial charge >= 0.3 is 5.97 Å². The first kappa shape index (κ1) is 24.3. The van der Waals surface area contributed by atoms with Crippen LogP contribution in [0.25, 0.3) is 27.7 Å². The average Bonchev–Trinajstić information content (AvgIpc) is 3.41. The summed E-state index contributed by atoms with van der Waals surface area (Å²) < 4.78 is 2.02. The Bertz CT molecular complexity index is 1840. The molecule has 0 spiro atoms. The summed E-state index contributed by atoms with van der Waals surface area (Å²) in [6, 6.07) is 26.7. The van der Waals surface area contributed by atoms with Gasteiger partial charge in [-0.3, -0.25) is 9.69 Å². The highest BCUT2D eigenvalue weighted by Crippen LogP contribution is 2.44. The molecule has 39 heavy (non-hydrogen) atoms. The van der Waals surface area contributed by atoms with Crippen LogP contribution in [0, 0.1) is 0 Å². The molecule has 0 saturated carbocycles. The number of nitrogens with one attached hydrogen (secondary N) is 1. The zero-order chi connectivity index (χ0) is 27.3. The van der Waals surface area contributed by atoms with Crippen LogP contribution in [0.3, 0.4) is 0 Å². The van der Waals surface area contributed by atoms with Crippen molar-refractivity contribution in [2.24, 2.45) is 7.05 Å². The van der Waals surface area contributed by atoms with E-state index in [0.29, 0.717) is 38.8 Å². The molecule has 192 valence electrons. The number of anilines is 3. The molecule has 7 nitrogen and oxygen atoms in total.